The molecule has 5 fully saturated rings. The predicted octanol–water partition coefficient (Wildman–Crippen LogP) is -1.08. The molecule has 6 heteroatoms. The Hall–Kier alpha value is 0.591. The zero-order valence-electron chi connectivity index (χ0n) is 16.3. The number of hydrogen-bond acceptors (Lipinski definition) is 1. The summed E-state index contributed by atoms with van der Waals surface area (Å²) in [6, 6.07) is 1.37. The predicted molar refractivity (Wildman–Crippen MR) is 98.2 cm³/mol. The number of allylic oxidation sites excluding steroid dienone is 2. The maximum absolute atomic E-state index is 12.2. The zero-order valence-corrected chi connectivity index (χ0v) is 20.3. The fraction of sp³-hybridized carbons (Fsp3) is 0.810. The topological polar surface area (TPSA) is 40.9 Å². The molecule has 0 aromatic rings. The summed E-state index contributed by atoms with van der Waals surface area (Å²) in [5.41, 5.74) is 14.7. The van der Waals surface area contributed by atoms with Gasteiger partial charge in [0.05, 0.1) is 5.91 Å². The summed E-state index contributed by atoms with van der Waals surface area (Å²) in [6.07, 6.45) is 10.5. The van der Waals surface area contributed by atoms with E-state index in [0.29, 0.717) is 21.8 Å². The molecule has 0 aromatic heterocycles. The summed E-state index contributed by atoms with van der Waals surface area (Å²) in [5, 5.41) is 0.652. The van der Waals surface area contributed by atoms with Gasteiger partial charge >= 0.3 is 21.7 Å². The Morgan fingerprint density at radius 2 is 1.59 bits per heavy atom. The SMILES string of the molecule is CC1=C(C)C[Si](C23CCCCCCCCC4(C([NH-])=O)C5C46C2C536)=C1.[Cl-].[Cl-].[Ti+3]. The first-order valence-corrected chi connectivity index (χ1v) is 12.0. The second-order valence-electron chi connectivity index (χ2n) is 9.81. The van der Waals surface area contributed by atoms with Gasteiger partial charge in [-0.3, -0.25) is 0 Å². The number of halogens is 2. The van der Waals surface area contributed by atoms with Crippen LogP contribution >= 0.6 is 0 Å². The smallest absolute Gasteiger partial charge is 1.00 e. The second-order valence-corrected chi connectivity index (χ2v) is 12.4. The van der Waals surface area contributed by atoms with Crippen LogP contribution in [0.4, 0.5) is 0 Å². The first-order chi connectivity index (χ1) is 11.5. The molecule has 1 aliphatic heterocycles. The third-order valence-electron chi connectivity index (χ3n) is 9.52. The summed E-state index contributed by atoms with van der Waals surface area (Å²) in [5.74, 6) is 1.36. The van der Waals surface area contributed by atoms with Crippen LogP contribution < -0.4 is 24.8 Å². The molecule has 145 valence electrons. The van der Waals surface area contributed by atoms with E-state index in [9.17, 15) is 4.79 Å². The van der Waals surface area contributed by atoms with Crippen molar-refractivity contribution >= 4 is 20.0 Å². The Kier molecular flexibility index (Phi) is 5.20. The summed E-state index contributed by atoms with van der Waals surface area (Å²) >= 11 is 0. The van der Waals surface area contributed by atoms with E-state index in [1.165, 1.54) is 51.0 Å². The fourth-order valence-corrected chi connectivity index (χ4v) is 13.3. The second kappa shape index (κ2) is 6.30. The molecule has 2 nitrogen and oxygen atoms in total. The van der Waals surface area contributed by atoms with Crippen LogP contribution in [0.15, 0.2) is 11.1 Å². The van der Waals surface area contributed by atoms with E-state index in [-0.39, 0.29) is 57.9 Å². The molecule has 6 atom stereocenters. The van der Waals surface area contributed by atoms with E-state index in [2.05, 4.69) is 19.5 Å². The summed E-state index contributed by atoms with van der Waals surface area (Å²) in [4.78, 5) is 12.2. The van der Waals surface area contributed by atoms with Gasteiger partial charge in [0.1, 0.15) is 0 Å². The van der Waals surface area contributed by atoms with Crippen LogP contribution in [-0.4, -0.2) is 20.0 Å². The maximum atomic E-state index is 12.2. The van der Waals surface area contributed by atoms with Crippen LogP contribution in [0, 0.1) is 28.1 Å². The van der Waals surface area contributed by atoms with Crippen molar-refractivity contribution in [3.8, 4) is 0 Å². The van der Waals surface area contributed by atoms with Crippen molar-refractivity contribution in [1.82, 2.24) is 0 Å². The van der Waals surface area contributed by atoms with Gasteiger partial charge in [-0.1, -0.05) is 55.3 Å². The number of hydrogen-bond donors (Lipinski definition) is 0. The largest absolute Gasteiger partial charge is 3.00 e. The number of carbonyl (C=O) groups is 1. The van der Waals surface area contributed by atoms with Crippen molar-refractivity contribution in [2.75, 3.05) is 0 Å². The van der Waals surface area contributed by atoms with Crippen molar-refractivity contribution in [2.45, 2.75) is 76.3 Å². The summed E-state index contributed by atoms with van der Waals surface area (Å²) in [7, 11) is -0.421. The Morgan fingerprint density at radius 3 is 2.07 bits per heavy atom. The molecule has 1 N–H and O–H groups in total. The molecule has 5 aliphatic carbocycles. The third-order valence-corrected chi connectivity index (χ3v) is 13.3. The van der Waals surface area contributed by atoms with Gasteiger partial charge < -0.3 is 35.3 Å². The van der Waals surface area contributed by atoms with Crippen molar-refractivity contribution < 1.29 is 51.3 Å². The van der Waals surface area contributed by atoms with Gasteiger partial charge in [-0.15, -0.1) is 0 Å². The molecule has 2 spiro atoms. The molecule has 5 saturated carbocycles. The van der Waals surface area contributed by atoms with Gasteiger partial charge in [0.25, 0.3) is 0 Å². The van der Waals surface area contributed by atoms with Crippen LogP contribution in [-0.2, 0) is 26.5 Å². The van der Waals surface area contributed by atoms with Crippen LogP contribution in [0.25, 0.3) is 5.73 Å². The molecule has 6 aliphatic rings. The molecule has 1 heterocycles. The van der Waals surface area contributed by atoms with E-state index in [1.54, 1.807) is 11.1 Å². The molecular formula is C21H28Cl2NOSiTi. The average Bonchev–Trinajstić information content (AvgIpc) is 3.43. The first-order valence-electron chi connectivity index (χ1n) is 10.2. The van der Waals surface area contributed by atoms with E-state index in [1.807, 2.05) is 0 Å². The number of amides is 1. The molecule has 27 heavy (non-hydrogen) atoms. The van der Waals surface area contributed by atoms with Crippen molar-refractivity contribution in [3.63, 3.8) is 0 Å². The summed E-state index contributed by atoms with van der Waals surface area (Å²) in [6.45, 7) is 4.65. The van der Waals surface area contributed by atoms with Crippen LogP contribution in [0.5, 0.6) is 0 Å². The molecular weight excluding hydrogens is 429 g/mol. The number of nitrogens with one attached hydrogen (secondary N) is 1. The molecule has 1 radical (unpaired) electrons. The zero-order chi connectivity index (χ0) is 16.5. The van der Waals surface area contributed by atoms with Gasteiger partial charge in [0.15, 0.2) is 0 Å². The van der Waals surface area contributed by atoms with Gasteiger partial charge in [0, 0.05) is 13.8 Å². The van der Waals surface area contributed by atoms with E-state index < -0.39 is 8.41 Å². The number of fused-ring (bicyclic) bond motifs is 1. The quantitative estimate of drug-likeness (QED) is 0.487. The van der Waals surface area contributed by atoms with Gasteiger partial charge in [-0.2, -0.15) is 0 Å². The van der Waals surface area contributed by atoms with E-state index >= 15 is 0 Å². The Labute approximate surface area is 191 Å². The Morgan fingerprint density at radius 1 is 1.00 bits per heavy atom. The molecule has 0 saturated heterocycles. The molecule has 1 amide bonds. The minimum Gasteiger partial charge on any atom is -1.00 e. The minimum absolute atomic E-state index is 0. The maximum Gasteiger partial charge on any atom is 3.00 e. The van der Waals surface area contributed by atoms with Gasteiger partial charge in [0.2, 0.25) is 0 Å². The Bertz CT molecular complexity index is 784. The number of rotatable bonds is 2. The molecule has 0 bridgehead atoms. The van der Waals surface area contributed by atoms with Crippen molar-refractivity contribution in [1.29, 1.82) is 0 Å². The van der Waals surface area contributed by atoms with Crippen molar-refractivity contribution in [2.24, 2.45) is 28.1 Å². The van der Waals surface area contributed by atoms with Crippen molar-refractivity contribution in [3.05, 3.63) is 16.9 Å². The first kappa shape index (κ1) is 22.3. The molecule has 6 unspecified atom stereocenters. The van der Waals surface area contributed by atoms with Crippen LogP contribution in [0.1, 0.15) is 65.2 Å². The van der Waals surface area contributed by atoms with Gasteiger partial charge in [-0.25, -0.2) is 0 Å². The third kappa shape index (κ3) is 1.88. The average molecular weight is 457 g/mol. The Balaban J connectivity index is 0.000000701. The number of carbonyl (C=O) groups excluding carboxylic acids is 1. The van der Waals surface area contributed by atoms with Gasteiger partial charge in [-0.05, 0) is 60.4 Å². The van der Waals surface area contributed by atoms with E-state index in [0.717, 1.165) is 12.3 Å². The minimum atomic E-state index is -0.421. The molecule has 6 rings (SSSR count). The normalized spacial score (nSPS) is 50.1. The fourth-order valence-electron chi connectivity index (χ4n) is 8.68. The standard InChI is InChI=1S/C21H29NOSi.2ClH.Ti/c1-13-11-24(12-14(13)2)19-10-8-6-4-3-5-7-9-18(17(22)23)15-20(18)16(19)21(15,19)20;;;/h11,15-16H,3-10,12H2,1-2H3,(H2,22,23);2*1H;/q;;;+3/p-3. The monoisotopic (exact) mass is 456 g/mol. The van der Waals surface area contributed by atoms with Crippen LogP contribution in [0.2, 0.25) is 11.1 Å². The summed E-state index contributed by atoms with van der Waals surface area (Å²) < 4.78 is 0. The van der Waals surface area contributed by atoms with Crippen LogP contribution in [0.3, 0.4) is 0 Å². The molecule has 0 aromatic carbocycles. The van der Waals surface area contributed by atoms with E-state index in [4.69, 9.17) is 5.73 Å².